The maximum absolute atomic E-state index is 11.0. The number of carbonyl (C=O) groups is 1. The second kappa shape index (κ2) is 6.57. The maximum atomic E-state index is 11.0. The molecule has 0 heterocycles. The second-order valence-corrected chi connectivity index (χ2v) is 4.43. The van der Waals surface area contributed by atoms with Crippen molar-refractivity contribution in [2.24, 2.45) is 0 Å². The van der Waals surface area contributed by atoms with E-state index >= 15 is 0 Å². The number of benzene rings is 2. The van der Waals surface area contributed by atoms with Crippen molar-refractivity contribution >= 4 is 12.0 Å². The van der Waals surface area contributed by atoms with Crippen molar-refractivity contribution in [1.29, 1.82) is 0 Å². The molecule has 0 saturated carbocycles. The zero-order chi connectivity index (χ0) is 14.4. The Bertz CT molecular complexity index is 612. The standard InChI is InChI=1S/C17H16O3/c1-13-8-10-14(11-9-13)5-4-12-20-16-7-3-2-6-15(16)17(18)19/h2-11H,12H2,1H3,(H,18,19). The minimum atomic E-state index is -0.983. The van der Waals surface area contributed by atoms with Crippen LogP contribution in [0, 0.1) is 6.92 Å². The van der Waals surface area contributed by atoms with E-state index < -0.39 is 5.97 Å². The fourth-order valence-electron chi connectivity index (χ4n) is 1.77. The number of aromatic carboxylic acids is 1. The van der Waals surface area contributed by atoms with Crippen molar-refractivity contribution in [1.82, 2.24) is 0 Å². The lowest BCUT2D eigenvalue weighted by molar-refractivity contribution is 0.0693. The SMILES string of the molecule is Cc1ccc(C=CCOc2ccccc2C(=O)O)cc1. The van der Waals surface area contributed by atoms with Gasteiger partial charge in [0.25, 0.3) is 0 Å². The van der Waals surface area contributed by atoms with Crippen LogP contribution in [0.5, 0.6) is 5.75 Å². The Morgan fingerprint density at radius 2 is 1.85 bits per heavy atom. The normalized spacial score (nSPS) is 10.7. The van der Waals surface area contributed by atoms with Crippen LogP contribution in [0.4, 0.5) is 0 Å². The molecule has 0 fully saturated rings. The zero-order valence-corrected chi connectivity index (χ0v) is 11.2. The highest BCUT2D eigenvalue weighted by Crippen LogP contribution is 2.17. The molecule has 0 radical (unpaired) electrons. The molecular formula is C17H16O3. The van der Waals surface area contributed by atoms with Crippen molar-refractivity contribution in [3.8, 4) is 5.75 Å². The van der Waals surface area contributed by atoms with Crippen LogP contribution < -0.4 is 4.74 Å². The molecule has 0 amide bonds. The Balaban J connectivity index is 1.96. The van der Waals surface area contributed by atoms with Gasteiger partial charge in [-0.25, -0.2) is 4.79 Å². The molecule has 0 aromatic heterocycles. The minimum absolute atomic E-state index is 0.177. The first-order valence-electron chi connectivity index (χ1n) is 6.35. The molecule has 0 aliphatic carbocycles. The summed E-state index contributed by atoms with van der Waals surface area (Å²) in [6, 6.07) is 14.8. The number of rotatable bonds is 5. The number of para-hydroxylation sites is 1. The molecule has 3 nitrogen and oxygen atoms in total. The Hall–Kier alpha value is -2.55. The maximum Gasteiger partial charge on any atom is 0.339 e. The third-order valence-corrected chi connectivity index (χ3v) is 2.84. The van der Waals surface area contributed by atoms with E-state index in [0.717, 1.165) is 5.56 Å². The number of hydrogen-bond donors (Lipinski definition) is 1. The summed E-state index contributed by atoms with van der Waals surface area (Å²) >= 11 is 0. The molecule has 0 saturated heterocycles. The van der Waals surface area contributed by atoms with Gasteiger partial charge in [0.2, 0.25) is 0 Å². The number of carboxylic acids is 1. The minimum Gasteiger partial charge on any atom is -0.489 e. The van der Waals surface area contributed by atoms with Crippen LogP contribution in [0.1, 0.15) is 21.5 Å². The van der Waals surface area contributed by atoms with Gasteiger partial charge in [0.05, 0.1) is 0 Å². The molecule has 2 aromatic carbocycles. The van der Waals surface area contributed by atoms with Gasteiger partial charge in [0.1, 0.15) is 17.9 Å². The summed E-state index contributed by atoms with van der Waals surface area (Å²) in [4.78, 5) is 11.0. The van der Waals surface area contributed by atoms with Crippen LogP contribution in [0.15, 0.2) is 54.6 Å². The lowest BCUT2D eigenvalue weighted by Gasteiger charge is -2.06. The Kier molecular flexibility index (Phi) is 4.56. The van der Waals surface area contributed by atoms with Gasteiger partial charge in [-0.3, -0.25) is 0 Å². The quantitative estimate of drug-likeness (QED) is 0.897. The lowest BCUT2D eigenvalue weighted by atomic mass is 10.1. The average molecular weight is 268 g/mol. The third kappa shape index (κ3) is 3.72. The highest BCUT2D eigenvalue weighted by Gasteiger charge is 2.08. The molecule has 1 N–H and O–H groups in total. The van der Waals surface area contributed by atoms with E-state index in [0.29, 0.717) is 12.4 Å². The van der Waals surface area contributed by atoms with Crippen LogP contribution in [0.3, 0.4) is 0 Å². The average Bonchev–Trinajstić information content (AvgIpc) is 2.46. The number of ether oxygens (including phenoxy) is 1. The highest BCUT2D eigenvalue weighted by molar-refractivity contribution is 5.90. The zero-order valence-electron chi connectivity index (χ0n) is 11.2. The smallest absolute Gasteiger partial charge is 0.339 e. The van der Waals surface area contributed by atoms with Gasteiger partial charge in [-0.15, -0.1) is 0 Å². The molecular weight excluding hydrogens is 252 g/mol. The molecule has 0 bridgehead atoms. The monoisotopic (exact) mass is 268 g/mol. The van der Waals surface area contributed by atoms with Crippen molar-refractivity contribution in [3.63, 3.8) is 0 Å². The molecule has 0 spiro atoms. The fraction of sp³-hybridized carbons (Fsp3) is 0.118. The van der Waals surface area contributed by atoms with Gasteiger partial charge in [-0.2, -0.15) is 0 Å². The lowest BCUT2D eigenvalue weighted by Crippen LogP contribution is -2.02. The summed E-state index contributed by atoms with van der Waals surface area (Å²) in [6.45, 7) is 2.37. The molecule has 0 aliphatic heterocycles. The van der Waals surface area contributed by atoms with Crippen LogP contribution in [0.25, 0.3) is 6.08 Å². The summed E-state index contributed by atoms with van der Waals surface area (Å²) in [6.07, 6.45) is 3.81. The van der Waals surface area contributed by atoms with Gasteiger partial charge in [0, 0.05) is 0 Å². The Morgan fingerprint density at radius 3 is 2.55 bits per heavy atom. The summed E-state index contributed by atoms with van der Waals surface area (Å²) in [5, 5.41) is 9.03. The first-order valence-corrected chi connectivity index (χ1v) is 6.35. The highest BCUT2D eigenvalue weighted by atomic mass is 16.5. The molecule has 0 aliphatic rings. The van der Waals surface area contributed by atoms with E-state index in [1.165, 1.54) is 11.6 Å². The molecule has 2 aromatic rings. The summed E-state index contributed by atoms with van der Waals surface area (Å²) in [7, 11) is 0. The van der Waals surface area contributed by atoms with Gasteiger partial charge < -0.3 is 9.84 Å². The van der Waals surface area contributed by atoms with Crippen LogP contribution >= 0.6 is 0 Å². The van der Waals surface area contributed by atoms with Crippen LogP contribution in [0.2, 0.25) is 0 Å². The van der Waals surface area contributed by atoms with Gasteiger partial charge in [-0.1, -0.05) is 48.0 Å². The second-order valence-electron chi connectivity index (χ2n) is 4.43. The van der Waals surface area contributed by atoms with Crippen molar-refractivity contribution in [3.05, 3.63) is 71.3 Å². The van der Waals surface area contributed by atoms with E-state index in [9.17, 15) is 4.79 Å². The number of aryl methyl sites for hydroxylation is 1. The first kappa shape index (κ1) is 13.9. The molecule has 0 unspecified atom stereocenters. The summed E-state index contributed by atoms with van der Waals surface area (Å²) in [5.41, 5.74) is 2.48. The molecule has 102 valence electrons. The van der Waals surface area contributed by atoms with Crippen LogP contribution in [-0.4, -0.2) is 17.7 Å². The van der Waals surface area contributed by atoms with Gasteiger partial charge >= 0.3 is 5.97 Å². The van der Waals surface area contributed by atoms with Crippen molar-refractivity contribution in [2.75, 3.05) is 6.61 Å². The van der Waals surface area contributed by atoms with Crippen molar-refractivity contribution in [2.45, 2.75) is 6.92 Å². The first-order chi connectivity index (χ1) is 9.66. The Morgan fingerprint density at radius 1 is 1.15 bits per heavy atom. The predicted molar refractivity (Wildman–Crippen MR) is 79.1 cm³/mol. The summed E-state index contributed by atoms with van der Waals surface area (Å²) < 4.78 is 5.48. The van der Waals surface area contributed by atoms with E-state index in [4.69, 9.17) is 9.84 Å². The molecule has 2 rings (SSSR count). The van der Waals surface area contributed by atoms with Crippen LogP contribution in [-0.2, 0) is 0 Å². The van der Waals surface area contributed by atoms with E-state index in [1.54, 1.807) is 18.2 Å². The topological polar surface area (TPSA) is 46.5 Å². The molecule has 3 heteroatoms. The molecule has 0 atom stereocenters. The van der Waals surface area contributed by atoms with Crippen molar-refractivity contribution < 1.29 is 14.6 Å². The number of hydrogen-bond acceptors (Lipinski definition) is 2. The van der Waals surface area contributed by atoms with E-state index in [1.807, 2.05) is 43.3 Å². The van der Waals surface area contributed by atoms with Gasteiger partial charge in [-0.05, 0) is 30.7 Å². The molecule has 20 heavy (non-hydrogen) atoms. The Labute approximate surface area is 118 Å². The van der Waals surface area contributed by atoms with E-state index in [2.05, 4.69) is 0 Å². The van der Waals surface area contributed by atoms with Gasteiger partial charge in [0.15, 0.2) is 0 Å². The predicted octanol–water partition coefficient (Wildman–Crippen LogP) is 3.79. The summed E-state index contributed by atoms with van der Waals surface area (Å²) in [5.74, 6) is -0.600. The number of carboxylic acid groups (broad SMARTS) is 1. The third-order valence-electron chi connectivity index (χ3n) is 2.84. The largest absolute Gasteiger partial charge is 0.489 e. The van der Waals surface area contributed by atoms with E-state index in [-0.39, 0.29) is 5.56 Å². The fourth-order valence-corrected chi connectivity index (χ4v) is 1.77.